The van der Waals surface area contributed by atoms with E-state index in [1.54, 1.807) is 23.1 Å². The number of carboxylic acid groups (broad SMARTS) is 1. The van der Waals surface area contributed by atoms with Crippen LogP contribution in [-0.4, -0.2) is 34.5 Å². The molecule has 1 aliphatic rings. The molecule has 0 saturated carbocycles. The van der Waals surface area contributed by atoms with Crippen LogP contribution in [0.3, 0.4) is 0 Å². The van der Waals surface area contributed by atoms with Crippen LogP contribution in [0, 0.1) is 5.92 Å². The van der Waals surface area contributed by atoms with Crippen molar-refractivity contribution in [3.8, 4) is 0 Å². The molecule has 108 valence electrons. The second-order valence-corrected chi connectivity index (χ2v) is 6.05. The van der Waals surface area contributed by atoms with E-state index < -0.39 is 5.97 Å². The Kier molecular flexibility index (Phi) is 4.32. The maximum absolute atomic E-state index is 12.5. The van der Waals surface area contributed by atoms with Crippen LogP contribution in [0.5, 0.6) is 0 Å². The number of nitrogens with two attached hydrogens (primary N) is 1. The number of likely N-dealkylation sites (tertiary alicyclic amines) is 1. The summed E-state index contributed by atoms with van der Waals surface area (Å²) in [5.74, 6) is -1.28. The number of benzene rings is 1. The Bertz CT molecular complexity index is 547. The largest absolute Gasteiger partial charge is 0.481 e. The van der Waals surface area contributed by atoms with E-state index in [1.165, 1.54) is 0 Å². The minimum Gasteiger partial charge on any atom is -0.481 e. The number of nitrogen functional groups attached to an aromatic ring is 1. The van der Waals surface area contributed by atoms with Gasteiger partial charge in [-0.25, -0.2) is 0 Å². The van der Waals surface area contributed by atoms with Gasteiger partial charge in [0.25, 0.3) is 5.91 Å². The molecular formula is C14H17BrN2O3. The number of carboxylic acids is 1. The van der Waals surface area contributed by atoms with Crippen molar-refractivity contribution in [2.24, 2.45) is 5.92 Å². The molecule has 2 rings (SSSR count). The number of carbonyl (C=O) groups is 2. The highest BCUT2D eigenvalue weighted by Gasteiger charge is 2.33. The molecule has 1 fully saturated rings. The molecule has 6 heteroatoms. The van der Waals surface area contributed by atoms with Crippen molar-refractivity contribution in [1.82, 2.24) is 4.90 Å². The van der Waals surface area contributed by atoms with Gasteiger partial charge < -0.3 is 15.7 Å². The van der Waals surface area contributed by atoms with Gasteiger partial charge in [-0.05, 0) is 38.0 Å². The van der Waals surface area contributed by atoms with Crippen LogP contribution in [0.25, 0.3) is 0 Å². The molecule has 1 aromatic rings. The van der Waals surface area contributed by atoms with E-state index in [2.05, 4.69) is 15.9 Å². The Morgan fingerprint density at radius 2 is 2.15 bits per heavy atom. The molecule has 2 unspecified atom stereocenters. The van der Waals surface area contributed by atoms with Crippen molar-refractivity contribution in [3.05, 3.63) is 28.2 Å². The van der Waals surface area contributed by atoms with Crippen LogP contribution in [0.15, 0.2) is 22.7 Å². The van der Waals surface area contributed by atoms with Crippen molar-refractivity contribution in [2.75, 3.05) is 12.3 Å². The Hall–Kier alpha value is -1.56. The van der Waals surface area contributed by atoms with Crippen LogP contribution in [0.2, 0.25) is 0 Å². The molecule has 0 spiro atoms. The van der Waals surface area contributed by atoms with Crippen LogP contribution in [0.1, 0.15) is 30.1 Å². The number of piperidine rings is 1. The lowest BCUT2D eigenvalue weighted by Crippen LogP contribution is -2.46. The van der Waals surface area contributed by atoms with E-state index in [0.29, 0.717) is 30.6 Å². The first kappa shape index (κ1) is 14.8. The number of aliphatic carboxylic acids is 1. The molecule has 0 radical (unpaired) electrons. The number of anilines is 1. The summed E-state index contributed by atoms with van der Waals surface area (Å²) >= 11 is 3.31. The quantitative estimate of drug-likeness (QED) is 0.809. The summed E-state index contributed by atoms with van der Waals surface area (Å²) in [6.45, 7) is 2.33. The summed E-state index contributed by atoms with van der Waals surface area (Å²) in [6, 6.07) is 5.07. The molecule has 3 N–H and O–H groups in total. The highest BCUT2D eigenvalue weighted by Crippen LogP contribution is 2.27. The van der Waals surface area contributed by atoms with E-state index in [1.807, 2.05) is 6.92 Å². The zero-order valence-electron chi connectivity index (χ0n) is 11.2. The van der Waals surface area contributed by atoms with Gasteiger partial charge in [-0.3, -0.25) is 9.59 Å². The number of nitrogens with zero attached hydrogens (tertiary/aromatic N) is 1. The third-order valence-corrected chi connectivity index (χ3v) is 4.22. The summed E-state index contributed by atoms with van der Waals surface area (Å²) < 4.78 is 0.823. The smallest absolute Gasteiger partial charge is 0.306 e. The van der Waals surface area contributed by atoms with Gasteiger partial charge in [0.1, 0.15) is 0 Å². The minimum absolute atomic E-state index is 0.0969. The normalized spacial score (nSPS) is 22.6. The predicted molar refractivity (Wildman–Crippen MR) is 79.4 cm³/mol. The molecule has 1 heterocycles. The first-order chi connectivity index (χ1) is 9.40. The van der Waals surface area contributed by atoms with E-state index in [9.17, 15) is 9.59 Å². The van der Waals surface area contributed by atoms with Crippen LogP contribution in [0.4, 0.5) is 5.69 Å². The van der Waals surface area contributed by atoms with Gasteiger partial charge in [-0.2, -0.15) is 0 Å². The van der Waals surface area contributed by atoms with E-state index in [-0.39, 0.29) is 17.9 Å². The Morgan fingerprint density at radius 3 is 2.70 bits per heavy atom. The van der Waals surface area contributed by atoms with Gasteiger partial charge in [0.05, 0.1) is 11.5 Å². The number of amides is 1. The molecule has 2 atom stereocenters. The van der Waals surface area contributed by atoms with E-state index in [4.69, 9.17) is 10.8 Å². The predicted octanol–water partition coefficient (Wildman–Crippen LogP) is 2.36. The molecule has 1 saturated heterocycles. The summed E-state index contributed by atoms with van der Waals surface area (Å²) in [7, 11) is 0. The lowest BCUT2D eigenvalue weighted by Gasteiger charge is -2.36. The topological polar surface area (TPSA) is 83.6 Å². The standard InChI is InChI=1S/C14H17BrN2O3/c1-8-6-9(14(19)20)4-5-17(8)13(18)11-3-2-10(15)7-12(11)16/h2-3,7-9H,4-6,16H2,1H3,(H,19,20). The fourth-order valence-corrected chi connectivity index (χ4v) is 2.96. The Morgan fingerprint density at radius 1 is 1.45 bits per heavy atom. The fraction of sp³-hybridized carbons (Fsp3) is 0.429. The van der Waals surface area contributed by atoms with Crippen molar-refractivity contribution in [2.45, 2.75) is 25.8 Å². The van der Waals surface area contributed by atoms with E-state index in [0.717, 1.165) is 4.47 Å². The molecule has 1 aromatic carbocycles. The summed E-state index contributed by atoms with van der Waals surface area (Å²) in [6.07, 6.45) is 0.972. The summed E-state index contributed by atoms with van der Waals surface area (Å²) in [5.41, 5.74) is 6.77. The van der Waals surface area contributed by atoms with Crippen molar-refractivity contribution >= 4 is 33.5 Å². The number of halogens is 1. The Labute approximate surface area is 125 Å². The maximum Gasteiger partial charge on any atom is 0.306 e. The molecule has 1 aliphatic heterocycles. The molecule has 1 amide bonds. The van der Waals surface area contributed by atoms with Gasteiger partial charge in [0, 0.05) is 22.7 Å². The average molecular weight is 341 g/mol. The monoisotopic (exact) mass is 340 g/mol. The molecule has 0 aliphatic carbocycles. The van der Waals surface area contributed by atoms with Crippen LogP contribution >= 0.6 is 15.9 Å². The third kappa shape index (κ3) is 2.95. The highest BCUT2D eigenvalue weighted by atomic mass is 79.9. The van der Waals surface area contributed by atoms with Crippen molar-refractivity contribution in [1.29, 1.82) is 0 Å². The third-order valence-electron chi connectivity index (χ3n) is 3.73. The second-order valence-electron chi connectivity index (χ2n) is 5.14. The lowest BCUT2D eigenvalue weighted by atomic mass is 9.91. The molecule has 20 heavy (non-hydrogen) atoms. The van der Waals surface area contributed by atoms with Gasteiger partial charge in [-0.1, -0.05) is 15.9 Å². The second kappa shape index (κ2) is 5.83. The zero-order chi connectivity index (χ0) is 14.9. The van der Waals surface area contributed by atoms with Gasteiger partial charge >= 0.3 is 5.97 Å². The van der Waals surface area contributed by atoms with Gasteiger partial charge in [-0.15, -0.1) is 0 Å². The summed E-state index contributed by atoms with van der Waals surface area (Å²) in [4.78, 5) is 25.2. The van der Waals surface area contributed by atoms with Gasteiger partial charge in [0.2, 0.25) is 0 Å². The summed E-state index contributed by atoms with van der Waals surface area (Å²) in [5, 5.41) is 9.04. The number of carbonyl (C=O) groups excluding carboxylic acids is 1. The maximum atomic E-state index is 12.5. The zero-order valence-corrected chi connectivity index (χ0v) is 12.8. The minimum atomic E-state index is -0.785. The average Bonchev–Trinajstić information content (AvgIpc) is 2.37. The number of rotatable bonds is 2. The molecule has 0 bridgehead atoms. The van der Waals surface area contributed by atoms with Crippen LogP contribution in [-0.2, 0) is 4.79 Å². The first-order valence-corrected chi connectivity index (χ1v) is 7.28. The van der Waals surface area contributed by atoms with Crippen molar-refractivity contribution < 1.29 is 14.7 Å². The van der Waals surface area contributed by atoms with Crippen molar-refractivity contribution in [3.63, 3.8) is 0 Å². The SMILES string of the molecule is CC1CC(C(=O)O)CCN1C(=O)c1ccc(Br)cc1N. The highest BCUT2D eigenvalue weighted by molar-refractivity contribution is 9.10. The fourth-order valence-electron chi connectivity index (χ4n) is 2.58. The Balaban J connectivity index is 2.16. The molecular weight excluding hydrogens is 324 g/mol. The van der Waals surface area contributed by atoms with Gasteiger partial charge in [0.15, 0.2) is 0 Å². The lowest BCUT2D eigenvalue weighted by molar-refractivity contribution is -0.143. The number of hydrogen-bond donors (Lipinski definition) is 2. The first-order valence-electron chi connectivity index (χ1n) is 6.49. The van der Waals surface area contributed by atoms with Crippen LogP contribution < -0.4 is 5.73 Å². The van der Waals surface area contributed by atoms with E-state index >= 15 is 0 Å². The number of hydrogen-bond acceptors (Lipinski definition) is 3. The molecule has 0 aromatic heterocycles. The molecule has 5 nitrogen and oxygen atoms in total.